The predicted octanol–water partition coefficient (Wildman–Crippen LogP) is 2.13. The zero-order valence-electron chi connectivity index (χ0n) is 16.7. The fourth-order valence-corrected chi connectivity index (χ4v) is 4.07. The zero-order chi connectivity index (χ0) is 19.4. The zero-order valence-corrected chi connectivity index (χ0v) is 16.7. The van der Waals surface area contributed by atoms with Gasteiger partial charge in [-0.3, -0.25) is 14.5 Å². The van der Waals surface area contributed by atoms with Crippen molar-refractivity contribution in [3.05, 3.63) is 29.8 Å². The Kier molecular flexibility index (Phi) is 6.05. The fraction of sp³-hybridized carbons (Fsp3) is 0.619. The number of hydrogen-bond acceptors (Lipinski definition) is 5. The van der Waals surface area contributed by atoms with Crippen molar-refractivity contribution >= 4 is 17.6 Å². The van der Waals surface area contributed by atoms with E-state index in [9.17, 15) is 9.59 Å². The summed E-state index contributed by atoms with van der Waals surface area (Å²) in [7, 11) is 5.47. The first-order valence-corrected chi connectivity index (χ1v) is 9.74. The first-order valence-electron chi connectivity index (χ1n) is 9.74. The average molecular weight is 373 g/mol. The van der Waals surface area contributed by atoms with E-state index in [1.54, 1.807) is 0 Å². The highest BCUT2D eigenvalue weighted by molar-refractivity contribution is 5.82. The maximum Gasteiger partial charge on any atom is 0.306 e. The average Bonchev–Trinajstić information content (AvgIpc) is 2.65. The molecule has 1 aromatic rings. The van der Waals surface area contributed by atoms with Crippen LogP contribution in [0, 0.1) is 5.41 Å². The Hall–Kier alpha value is -2.08. The molecular formula is C21H31N3O3. The second kappa shape index (κ2) is 8.30. The molecule has 6 nitrogen and oxygen atoms in total. The standard InChI is InChI=1S/C21H31N3O3/c1-22(2)18-6-4-17(5-7-18)14-23-12-10-21(11-13-23)15-24(16-21)19(25)8-9-20(26)27-3/h4-7H,8-16H2,1-3H3. The molecule has 0 radical (unpaired) electrons. The second-order valence-corrected chi connectivity index (χ2v) is 8.16. The smallest absolute Gasteiger partial charge is 0.306 e. The highest BCUT2D eigenvalue weighted by atomic mass is 16.5. The molecule has 2 aliphatic heterocycles. The van der Waals surface area contributed by atoms with E-state index in [0.29, 0.717) is 5.41 Å². The number of nitrogens with zero attached hydrogens (tertiary/aromatic N) is 3. The Bertz CT molecular complexity index is 656. The molecule has 2 fully saturated rings. The molecule has 0 unspecified atom stereocenters. The quantitative estimate of drug-likeness (QED) is 0.715. The Labute approximate surface area is 162 Å². The molecular weight excluding hydrogens is 342 g/mol. The van der Waals surface area contributed by atoms with E-state index < -0.39 is 0 Å². The molecule has 2 saturated heterocycles. The maximum atomic E-state index is 12.2. The monoisotopic (exact) mass is 373 g/mol. The van der Waals surface area contributed by atoms with E-state index in [1.165, 1.54) is 18.4 Å². The number of methoxy groups -OCH3 is 1. The topological polar surface area (TPSA) is 53.1 Å². The van der Waals surface area contributed by atoms with Crippen LogP contribution in [0.3, 0.4) is 0 Å². The van der Waals surface area contributed by atoms with E-state index in [0.717, 1.165) is 45.6 Å². The molecule has 2 heterocycles. The van der Waals surface area contributed by atoms with Crippen LogP contribution in [-0.4, -0.2) is 69.1 Å². The molecule has 2 aliphatic rings. The van der Waals surface area contributed by atoms with E-state index in [4.69, 9.17) is 0 Å². The molecule has 6 heteroatoms. The van der Waals surface area contributed by atoms with Crippen molar-refractivity contribution < 1.29 is 14.3 Å². The normalized spacial score (nSPS) is 18.9. The minimum atomic E-state index is -0.314. The Morgan fingerprint density at radius 2 is 1.70 bits per heavy atom. The van der Waals surface area contributed by atoms with E-state index in [-0.39, 0.29) is 24.7 Å². The van der Waals surface area contributed by atoms with Gasteiger partial charge in [-0.2, -0.15) is 0 Å². The third-order valence-corrected chi connectivity index (χ3v) is 5.95. The summed E-state index contributed by atoms with van der Waals surface area (Å²) in [6.45, 7) is 4.85. The summed E-state index contributed by atoms with van der Waals surface area (Å²) in [4.78, 5) is 29.9. The largest absolute Gasteiger partial charge is 0.469 e. The van der Waals surface area contributed by atoms with Crippen LogP contribution in [0.1, 0.15) is 31.2 Å². The van der Waals surface area contributed by atoms with Gasteiger partial charge in [-0.05, 0) is 43.6 Å². The van der Waals surface area contributed by atoms with Crippen LogP contribution < -0.4 is 4.90 Å². The van der Waals surface area contributed by atoms with Crippen LogP contribution >= 0.6 is 0 Å². The van der Waals surface area contributed by atoms with Gasteiger partial charge >= 0.3 is 5.97 Å². The highest BCUT2D eigenvalue weighted by Gasteiger charge is 2.46. The minimum absolute atomic E-state index is 0.0782. The summed E-state index contributed by atoms with van der Waals surface area (Å²) in [6, 6.07) is 8.77. The summed E-state index contributed by atoms with van der Waals surface area (Å²) in [5.41, 5.74) is 2.87. The molecule has 1 aromatic carbocycles. The van der Waals surface area contributed by atoms with E-state index in [1.807, 2.05) is 4.90 Å². The molecule has 27 heavy (non-hydrogen) atoms. The summed E-state index contributed by atoms with van der Waals surface area (Å²) >= 11 is 0. The SMILES string of the molecule is COC(=O)CCC(=O)N1CC2(CCN(Cc3ccc(N(C)C)cc3)CC2)C1. The minimum Gasteiger partial charge on any atom is -0.469 e. The number of likely N-dealkylation sites (tertiary alicyclic amines) is 2. The molecule has 0 atom stereocenters. The van der Waals surface area contributed by atoms with Gasteiger partial charge in [0.1, 0.15) is 0 Å². The van der Waals surface area contributed by atoms with Gasteiger partial charge in [0.15, 0.2) is 0 Å². The highest BCUT2D eigenvalue weighted by Crippen LogP contribution is 2.41. The van der Waals surface area contributed by atoms with Gasteiger partial charge in [-0.1, -0.05) is 12.1 Å². The van der Waals surface area contributed by atoms with E-state index >= 15 is 0 Å². The lowest BCUT2D eigenvalue weighted by Crippen LogP contribution is -2.61. The van der Waals surface area contributed by atoms with Gasteiger partial charge < -0.3 is 14.5 Å². The maximum absolute atomic E-state index is 12.2. The number of hydrogen-bond donors (Lipinski definition) is 0. The third kappa shape index (κ3) is 4.80. The lowest BCUT2D eigenvalue weighted by atomic mass is 9.72. The van der Waals surface area contributed by atoms with Gasteiger partial charge in [0, 0.05) is 51.3 Å². The Balaban J connectivity index is 1.41. The van der Waals surface area contributed by atoms with Gasteiger partial charge in [0.25, 0.3) is 0 Å². The number of carbonyl (C=O) groups excluding carboxylic acids is 2. The van der Waals surface area contributed by atoms with Crippen molar-refractivity contribution in [3.8, 4) is 0 Å². The van der Waals surface area contributed by atoms with Gasteiger partial charge in [0.05, 0.1) is 13.5 Å². The van der Waals surface area contributed by atoms with Gasteiger partial charge in [0.2, 0.25) is 5.91 Å². The molecule has 1 amide bonds. The van der Waals surface area contributed by atoms with Crippen molar-refractivity contribution in [3.63, 3.8) is 0 Å². The number of ether oxygens (including phenoxy) is 1. The molecule has 0 saturated carbocycles. The van der Waals surface area contributed by atoms with Crippen molar-refractivity contribution in [2.45, 2.75) is 32.2 Å². The number of amides is 1. The first-order chi connectivity index (χ1) is 12.9. The van der Waals surface area contributed by atoms with Gasteiger partial charge in [-0.15, -0.1) is 0 Å². The van der Waals surface area contributed by atoms with Crippen molar-refractivity contribution in [1.29, 1.82) is 0 Å². The predicted molar refractivity (Wildman–Crippen MR) is 106 cm³/mol. The van der Waals surface area contributed by atoms with Crippen LogP contribution in [0.25, 0.3) is 0 Å². The number of piperidine rings is 1. The molecule has 148 valence electrons. The second-order valence-electron chi connectivity index (χ2n) is 8.16. The van der Waals surface area contributed by atoms with E-state index in [2.05, 4.69) is 52.9 Å². The summed E-state index contributed by atoms with van der Waals surface area (Å²) < 4.78 is 4.60. The number of rotatable bonds is 6. The molecule has 0 bridgehead atoms. The first kappa shape index (κ1) is 19.7. The number of anilines is 1. The fourth-order valence-electron chi connectivity index (χ4n) is 4.07. The Morgan fingerprint density at radius 1 is 1.07 bits per heavy atom. The molecule has 3 rings (SSSR count). The number of carbonyl (C=O) groups is 2. The van der Waals surface area contributed by atoms with Crippen LogP contribution in [0.4, 0.5) is 5.69 Å². The summed E-state index contributed by atoms with van der Waals surface area (Å²) in [6.07, 6.45) is 2.73. The third-order valence-electron chi connectivity index (χ3n) is 5.95. The number of esters is 1. The van der Waals surface area contributed by atoms with Gasteiger partial charge in [-0.25, -0.2) is 0 Å². The molecule has 0 aromatic heterocycles. The molecule has 0 N–H and O–H groups in total. The lowest BCUT2D eigenvalue weighted by Gasteiger charge is -2.54. The lowest BCUT2D eigenvalue weighted by molar-refractivity contribution is -0.150. The molecule has 0 aliphatic carbocycles. The molecule has 1 spiro atoms. The van der Waals surface area contributed by atoms with Crippen molar-refractivity contribution in [2.75, 3.05) is 52.3 Å². The van der Waals surface area contributed by atoms with Crippen LogP contribution in [-0.2, 0) is 20.9 Å². The van der Waals surface area contributed by atoms with Crippen LogP contribution in [0.2, 0.25) is 0 Å². The van der Waals surface area contributed by atoms with Crippen molar-refractivity contribution in [2.24, 2.45) is 5.41 Å². The summed E-state index contributed by atoms with van der Waals surface area (Å²) in [5, 5.41) is 0. The van der Waals surface area contributed by atoms with Crippen molar-refractivity contribution in [1.82, 2.24) is 9.80 Å². The number of benzene rings is 1. The van der Waals surface area contributed by atoms with Crippen LogP contribution in [0.5, 0.6) is 0 Å². The Morgan fingerprint density at radius 3 is 2.26 bits per heavy atom. The summed E-state index contributed by atoms with van der Waals surface area (Å²) in [5.74, 6) is -0.236. The van der Waals surface area contributed by atoms with Crippen LogP contribution in [0.15, 0.2) is 24.3 Å².